The number of hydrogen-bond acceptors (Lipinski definition) is 8. The van der Waals surface area contributed by atoms with E-state index in [1.165, 1.54) is 11.2 Å². The molecular formula is C15H12N6O2S. The summed E-state index contributed by atoms with van der Waals surface area (Å²) in [6.07, 6.45) is 1.20. The van der Waals surface area contributed by atoms with Crippen LogP contribution in [0.5, 0.6) is 0 Å². The van der Waals surface area contributed by atoms with Crippen LogP contribution in [0.4, 0.5) is 11.5 Å². The van der Waals surface area contributed by atoms with Gasteiger partial charge in [-0.2, -0.15) is 10.5 Å². The standard InChI is InChI=1S/C15H12N6O2S/c1-11-2-4-12(5-3-11)24-15-13(21(22)23)14(18-10-19-15)20(8-6-16)9-7-17/h2-5,10H,8-9H2,1H3. The molecule has 0 atom stereocenters. The smallest absolute Gasteiger partial charge is 0.324 e. The third kappa shape index (κ3) is 3.97. The number of hydrogen-bond donors (Lipinski definition) is 0. The number of aryl methyl sites for hydroxylation is 1. The molecule has 0 aliphatic rings. The van der Waals surface area contributed by atoms with Gasteiger partial charge in [-0.1, -0.05) is 29.5 Å². The molecule has 0 bridgehead atoms. The molecule has 1 aromatic heterocycles. The van der Waals surface area contributed by atoms with E-state index in [-0.39, 0.29) is 29.6 Å². The monoisotopic (exact) mass is 340 g/mol. The van der Waals surface area contributed by atoms with Gasteiger partial charge in [-0.15, -0.1) is 0 Å². The Balaban J connectivity index is 2.47. The number of nitrogens with zero attached hydrogens (tertiary/aromatic N) is 6. The van der Waals surface area contributed by atoms with Crippen LogP contribution in [0.3, 0.4) is 0 Å². The van der Waals surface area contributed by atoms with E-state index < -0.39 is 4.92 Å². The van der Waals surface area contributed by atoms with Crippen molar-refractivity contribution in [2.24, 2.45) is 0 Å². The third-order valence-electron chi connectivity index (χ3n) is 3.01. The van der Waals surface area contributed by atoms with Gasteiger partial charge in [-0.3, -0.25) is 10.1 Å². The van der Waals surface area contributed by atoms with Crippen molar-refractivity contribution in [2.75, 3.05) is 18.0 Å². The Morgan fingerprint density at radius 3 is 2.38 bits per heavy atom. The fourth-order valence-corrected chi connectivity index (χ4v) is 2.77. The topological polar surface area (TPSA) is 120 Å². The molecule has 0 saturated heterocycles. The van der Waals surface area contributed by atoms with Gasteiger partial charge in [0.2, 0.25) is 5.82 Å². The zero-order chi connectivity index (χ0) is 17.5. The molecule has 0 radical (unpaired) electrons. The average Bonchev–Trinajstić information content (AvgIpc) is 2.56. The van der Waals surface area contributed by atoms with E-state index in [1.807, 2.05) is 43.3 Å². The summed E-state index contributed by atoms with van der Waals surface area (Å²) in [6, 6.07) is 11.2. The molecule has 0 N–H and O–H groups in total. The van der Waals surface area contributed by atoms with Gasteiger partial charge in [0.25, 0.3) is 0 Å². The summed E-state index contributed by atoms with van der Waals surface area (Å²) < 4.78 is 0. The highest BCUT2D eigenvalue weighted by Crippen LogP contribution is 2.37. The Morgan fingerprint density at radius 2 is 1.83 bits per heavy atom. The largest absolute Gasteiger partial charge is 0.343 e. The van der Waals surface area contributed by atoms with Gasteiger partial charge in [0.05, 0.1) is 17.1 Å². The van der Waals surface area contributed by atoms with Gasteiger partial charge >= 0.3 is 5.69 Å². The van der Waals surface area contributed by atoms with Gasteiger partial charge in [0, 0.05) is 4.90 Å². The molecule has 120 valence electrons. The van der Waals surface area contributed by atoms with Crippen molar-refractivity contribution < 1.29 is 4.92 Å². The van der Waals surface area contributed by atoms with Crippen LogP contribution in [0.2, 0.25) is 0 Å². The molecule has 24 heavy (non-hydrogen) atoms. The van der Waals surface area contributed by atoms with E-state index >= 15 is 0 Å². The molecule has 0 unspecified atom stereocenters. The molecule has 0 spiro atoms. The Labute approximate surface area is 142 Å². The normalized spacial score (nSPS) is 9.79. The molecule has 0 saturated carbocycles. The second-order valence-electron chi connectivity index (χ2n) is 4.70. The number of anilines is 1. The van der Waals surface area contributed by atoms with E-state index in [9.17, 15) is 10.1 Å². The molecule has 9 heteroatoms. The predicted octanol–water partition coefficient (Wildman–Crippen LogP) is 2.70. The average molecular weight is 340 g/mol. The first-order valence-corrected chi connectivity index (χ1v) is 7.61. The number of rotatable bonds is 6. The minimum atomic E-state index is -0.590. The van der Waals surface area contributed by atoms with E-state index in [2.05, 4.69) is 9.97 Å². The molecule has 0 aliphatic carbocycles. The summed E-state index contributed by atoms with van der Waals surface area (Å²) in [6.45, 7) is 1.58. The fraction of sp³-hybridized carbons (Fsp3) is 0.200. The van der Waals surface area contributed by atoms with Crippen molar-refractivity contribution in [3.8, 4) is 12.1 Å². The van der Waals surface area contributed by atoms with Crippen LogP contribution in [0.25, 0.3) is 0 Å². The summed E-state index contributed by atoms with van der Waals surface area (Å²) in [5.74, 6) is -0.0345. The molecule has 1 aromatic carbocycles. The molecule has 8 nitrogen and oxygen atoms in total. The van der Waals surface area contributed by atoms with Gasteiger partial charge < -0.3 is 4.90 Å². The second kappa shape index (κ2) is 7.90. The van der Waals surface area contributed by atoms with Crippen LogP contribution < -0.4 is 4.90 Å². The molecule has 2 aromatic rings. The summed E-state index contributed by atoms with van der Waals surface area (Å²) >= 11 is 1.13. The Hall–Kier alpha value is -3.17. The first-order valence-electron chi connectivity index (χ1n) is 6.79. The SMILES string of the molecule is Cc1ccc(Sc2ncnc(N(CC#N)CC#N)c2[N+](=O)[O-])cc1. The van der Waals surface area contributed by atoms with Crippen molar-refractivity contribution in [2.45, 2.75) is 16.8 Å². The summed E-state index contributed by atoms with van der Waals surface area (Å²) in [4.78, 5) is 20.9. The maximum Gasteiger partial charge on any atom is 0.343 e. The van der Waals surface area contributed by atoms with E-state index in [0.29, 0.717) is 0 Å². The highest BCUT2D eigenvalue weighted by molar-refractivity contribution is 7.99. The van der Waals surface area contributed by atoms with Gasteiger partial charge in [0.1, 0.15) is 19.4 Å². The minimum absolute atomic E-state index is 0.0345. The second-order valence-corrected chi connectivity index (χ2v) is 5.76. The highest BCUT2D eigenvalue weighted by atomic mass is 32.2. The van der Waals surface area contributed by atoms with Gasteiger partial charge in [0.15, 0.2) is 5.03 Å². The third-order valence-corrected chi connectivity index (χ3v) is 4.01. The number of nitriles is 2. The lowest BCUT2D eigenvalue weighted by Crippen LogP contribution is -2.26. The Kier molecular flexibility index (Phi) is 5.66. The number of aromatic nitrogens is 2. The van der Waals surface area contributed by atoms with Crippen LogP contribution in [0.15, 0.2) is 40.5 Å². The lowest BCUT2D eigenvalue weighted by atomic mass is 10.2. The molecule has 2 rings (SSSR count). The van der Waals surface area contributed by atoms with E-state index in [4.69, 9.17) is 10.5 Å². The predicted molar refractivity (Wildman–Crippen MR) is 87.4 cm³/mol. The number of benzene rings is 1. The van der Waals surface area contributed by atoms with Crippen LogP contribution in [-0.2, 0) is 0 Å². The summed E-state index contributed by atoms with van der Waals surface area (Å²) in [7, 11) is 0. The Morgan fingerprint density at radius 1 is 1.21 bits per heavy atom. The lowest BCUT2D eigenvalue weighted by molar-refractivity contribution is -0.387. The summed E-state index contributed by atoms with van der Waals surface area (Å²) in [5, 5.41) is 29.4. The summed E-state index contributed by atoms with van der Waals surface area (Å²) in [5.41, 5.74) is 0.764. The Bertz CT molecular complexity index is 809. The van der Waals surface area contributed by atoms with Crippen LogP contribution in [0, 0.1) is 39.7 Å². The van der Waals surface area contributed by atoms with Crippen LogP contribution >= 0.6 is 11.8 Å². The molecule has 0 amide bonds. The van der Waals surface area contributed by atoms with Gasteiger partial charge in [-0.05, 0) is 19.1 Å². The maximum absolute atomic E-state index is 11.5. The minimum Gasteiger partial charge on any atom is -0.324 e. The molecule has 1 heterocycles. The van der Waals surface area contributed by atoms with Crippen LogP contribution in [0.1, 0.15) is 5.56 Å². The van der Waals surface area contributed by atoms with Crippen molar-refractivity contribution in [3.05, 3.63) is 46.3 Å². The molecule has 0 fully saturated rings. The van der Waals surface area contributed by atoms with Crippen molar-refractivity contribution >= 4 is 23.3 Å². The number of nitro groups is 1. The molecule has 0 aliphatic heterocycles. The van der Waals surface area contributed by atoms with Crippen molar-refractivity contribution in [1.29, 1.82) is 10.5 Å². The van der Waals surface area contributed by atoms with Crippen molar-refractivity contribution in [1.82, 2.24) is 9.97 Å². The maximum atomic E-state index is 11.5. The van der Waals surface area contributed by atoms with Crippen molar-refractivity contribution in [3.63, 3.8) is 0 Å². The first kappa shape index (κ1) is 17.2. The quantitative estimate of drug-likeness (QED) is 0.341. The zero-order valence-corrected chi connectivity index (χ0v) is 13.5. The van der Waals surface area contributed by atoms with E-state index in [0.717, 1.165) is 22.2 Å². The zero-order valence-electron chi connectivity index (χ0n) is 12.7. The van der Waals surface area contributed by atoms with Gasteiger partial charge in [-0.25, -0.2) is 9.97 Å². The molecular weight excluding hydrogens is 328 g/mol. The fourth-order valence-electron chi connectivity index (χ4n) is 1.91. The van der Waals surface area contributed by atoms with Crippen LogP contribution in [-0.4, -0.2) is 28.0 Å². The highest BCUT2D eigenvalue weighted by Gasteiger charge is 2.27. The van der Waals surface area contributed by atoms with E-state index in [1.54, 1.807) is 0 Å². The lowest BCUT2D eigenvalue weighted by Gasteiger charge is -2.17. The first-order chi connectivity index (χ1) is 11.6.